The molecule has 1 aromatic heterocycles. The third-order valence-electron chi connectivity index (χ3n) is 7.01. The van der Waals surface area contributed by atoms with E-state index in [-0.39, 0.29) is 17.7 Å². The van der Waals surface area contributed by atoms with E-state index >= 15 is 0 Å². The Labute approximate surface area is 179 Å². The lowest BCUT2D eigenvalue weighted by Gasteiger charge is -2.29. The van der Waals surface area contributed by atoms with Crippen LogP contribution in [0.3, 0.4) is 0 Å². The van der Waals surface area contributed by atoms with Crippen LogP contribution in [0, 0.1) is 23.7 Å². The molecule has 0 radical (unpaired) electrons. The molecule has 2 saturated carbocycles. The maximum atomic E-state index is 13.3. The molecular weight excluding hydrogens is 400 g/mol. The fourth-order valence-corrected chi connectivity index (χ4v) is 5.83. The van der Waals surface area contributed by atoms with E-state index in [0.29, 0.717) is 29.9 Å². The summed E-state index contributed by atoms with van der Waals surface area (Å²) in [6.45, 7) is 6.77. The van der Waals surface area contributed by atoms with Gasteiger partial charge in [0.15, 0.2) is 11.0 Å². The van der Waals surface area contributed by atoms with Gasteiger partial charge in [-0.05, 0) is 61.0 Å². The number of nitrogens with zero attached hydrogens (tertiary/aromatic N) is 3. The van der Waals surface area contributed by atoms with Crippen LogP contribution in [0.25, 0.3) is 11.0 Å². The molecule has 1 saturated heterocycles. The number of fused-ring (bicyclic) bond motifs is 3. The molecule has 31 heavy (non-hydrogen) atoms. The number of aliphatic carboxylic acids is 1. The number of anilines is 2. The molecule has 2 N–H and O–H groups in total. The van der Waals surface area contributed by atoms with Crippen molar-refractivity contribution in [3.05, 3.63) is 23.3 Å². The first-order chi connectivity index (χ1) is 15.0. The average molecular weight is 426 g/mol. The van der Waals surface area contributed by atoms with Gasteiger partial charge in [-0.15, -0.1) is 0 Å². The Hall–Kier alpha value is -2.94. The molecule has 2 heterocycles. The van der Waals surface area contributed by atoms with Gasteiger partial charge in [-0.3, -0.25) is 9.59 Å². The number of carboxylic acids is 1. The molecule has 164 valence electrons. The van der Waals surface area contributed by atoms with Crippen LogP contribution in [-0.4, -0.2) is 53.6 Å². The maximum absolute atomic E-state index is 13.3. The van der Waals surface area contributed by atoms with Crippen LogP contribution >= 0.6 is 0 Å². The molecule has 1 aromatic carbocycles. The van der Waals surface area contributed by atoms with Crippen molar-refractivity contribution in [1.29, 1.82) is 0 Å². The molecule has 9 heteroatoms. The fourth-order valence-electron chi connectivity index (χ4n) is 5.83. The Morgan fingerprint density at radius 1 is 1.06 bits per heavy atom. The number of hydrogen-bond acceptors (Lipinski definition) is 7. The first-order valence-electron chi connectivity index (χ1n) is 10.8. The molecule has 2 aliphatic carbocycles. The molecule has 2 bridgehead atoms. The molecule has 1 aliphatic heterocycles. The third kappa shape index (κ3) is 3.18. The molecule has 9 nitrogen and oxygen atoms in total. The van der Waals surface area contributed by atoms with Crippen molar-refractivity contribution in [2.45, 2.75) is 26.7 Å². The van der Waals surface area contributed by atoms with Gasteiger partial charge in [-0.2, -0.15) is 0 Å². The first-order valence-corrected chi connectivity index (χ1v) is 10.8. The number of carbonyl (C=O) groups excluding carboxylic acids is 1. The van der Waals surface area contributed by atoms with Crippen molar-refractivity contribution < 1.29 is 24.1 Å². The predicted octanol–water partition coefficient (Wildman–Crippen LogP) is 2.69. The summed E-state index contributed by atoms with van der Waals surface area (Å²) in [6, 6.07) is 3.69. The highest BCUT2D eigenvalue weighted by molar-refractivity contribution is 6.04. The molecular formula is C22H26N4O5. The average Bonchev–Trinajstić information content (AvgIpc) is 3.47. The van der Waals surface area contributed by atoms with E-state index in [1.54, 1.807) is 6.07 Å². The lowest BCUT2D eigenvalue weighted by Crippen LogP contribution is -2.38. The van der Waals surface area contributed by atoms with Gasteiger partial charge in [-0.25, -0.2) is 4.63 Å². The second-order valence-corrected chi connectivity index (χ2v) is 8.82. The second-order valence-electron chi connectivity index (χ2n) is 8.82. The minimum Gasteiger partial charge on any atom is -0.481 e. The van der Waals surface area contributed by atoms with Gasteiger partial charge < -0.3 is 20.1 Å². The van der Waals surface area contributed by atoms with Gasteiger partial charge in [0.25, 0.3) is 0 Å². The van der Waals surface area contributed by atoms with Crippen LogP contribution < -0.4 is 10.2 Å². The zero-order chi connectivity index (χ0) is 21.7. The number of allylic oxidation sites excluding steroid dienone is 2. The number of carbonyl (C=O) groups is 2. The van der Waals surface area contributed by atoms with E-state index in [1.807, 2.05) is 19.9 Å². The van der Waals surface area contributed by atoms with Crippen molar-refractivity contribution in [3.63, 3.8) is 0 Å². The molecule has 1 amide bonds. The largest absolute Gasteiger partial charge is 0.481 e. The summed E-state index contributed by atoms with van der Waals surface area (Å²) in [5.74, 6) is -2.53. The monoisotopic (exact) mass is 426 g/mol. The normalized spacial score (nSPS) is 27.7. The quantitative estimate of drug-likeness (QED) is 0.717. The summed E-state index contributed by atoms with van der Waals surface area (Å²) in [4.78, 5) is 27.6. The summed E-state index contributed by atoms with van der Waals surface area (Å²) in [6.07, 6.45) is 1.68. The number of nitrogens with one attached hydrogen (secondary N) is 1. The molecule has 3 aliphatic rings. The van der Waals surface area contributed by atoms with Gasteiger partial charge >= 0.3 is 5.97 Å². The molecule has 3 fully saturated rings. The van der Waals surface area contributed by atoms with Crippen molar-refractivity contribution in [3.8, 4) is 0 Å². The van der Waals surface area contributed by atoms with Crippen LogP contribution in [0.15, 0.2) is 27.9 Å². The number of carboxylic acid groups (broad SMARTS) is 1. The van der Waals surface area contributed by atoms with Gasteiger partial charge in [0, 0.05) is 13.1 Å². The molecule has 5 rings (SSSR count). The fraction of sp³-hybridized carbons (Fsp3) is 0.545. The topological polar surface area (TPSA) is 118 Å². The summed E-state index contributed by atoms with van der Waals surface area (Å²) in [5.41, 5.74) is 4.70. The van der Waals surface area contributed by atoms with Crippen LogP contribution in [0.4, 0.5) is 11.4 Å². The van der Waals surface area contributed by atoms with Crippen LogP contribution in [0.2, 0.25) is 0 Å². The number of rotatable bonds is 4. The SMILES string of the molecule is CC(C)=C1[C@@H]2CC[C@@H]1[C@@H](C(=O)Nc1ccc(N3CCOCC3)c3nonc13)[C@@H]2C(=O)O. The second kappa shape index (κ2) is 7.64. The van der Waals surface area contributed by atoms with Crippen molar-refractivity contribution in [2.75, 3.05) is 36.5 Å². The zero-order valence-electron chi connectivity index (χ0n) is 17.6. The maximum Gasteiger partial charge on any atom is 0.307 e. The lowest BCUT2D eigenvalue weighted by molar-refractivity contribution is -0.148. The Kier molecular flexibility index (Phi) is 4.92. The molecule has 4 atom stereocenters. The standard InChI is InChI=1S/C22H26N4O5/c1-11(2)16-12-3-4-13(16)18(22(28)29)17(12)21(27)23-14-5-6-15(20-19(14)24-31-25-20)26-7-9-30-10-8-26/h5-6,12-13,17-18H,3-4,7-10H2,1-2H3,(H,23,27)(H,28,29)/t12-,13-,17+,18+/m0/s1. The lowest BCUT2D eigenvalue weighted by atomic mass is 9.78. The third-order valence-corrected chi connectivity index (χ3v) is 7.01. The first kappa shape index (κ1) is 20.0. The van der Waals surface area contributed by atoms with Crippen LogP contribution in [0.1, 0.15) is 26.7 Å². The van der Waals surface area contributed by atoms with Crippen LogP contribution in [-0.2, 0) is 14.3 Å². The van der Waals surface area contributed by atoms with E-state index in [9.17, 15) is 14.7 Å². The molecule has 0 unspecified atom stereocenters. The Balaban J connectivity index is 1.45. The highest BCUT2D eigenvalue weighted by Gasteiger charge is 2.57. The minimum absolute atomic E-state index is 0.0188. The number of morpholine rings is 1. The van der Waals surface area contributed by atoms with Crippen molar-refractivity contribution in [1.82, 2.24) is 10.3 Å². The van der Waals surface area contributed by atoms with Gasteiger partial charge in [0.2, 0.25) is 5.91 Å². The van der Waals surface area contributed by atoms with E-state index < -0.39 is 17.8 Å². The molecule has 0 spiro atoms. The van der Waals surface area contributed by atoms with Crippen molar-refractivity contribution in [2.24, 2.45) is 23.7 Å². The van der Waals surface area contributed by atoms with Gasteiger partial charge in [0.05, 0.1) is 36.4 Å². The Bertz CT molecular complexity index is 1070. The highest BCUT2D eigenvalue weighted by atomic mass is 16.6. The Morgan fingerprint density at radius 2 is 1.74 bits per heavy atom. The number of hydrogen-bond donors (Lipinski definition) is 2. The highest BCUT2D eigenvalue weighted by Crippen LogP contribution is 2.57. The number of ether oxygens (including phenoxy) is 1. The van der Waals surface area contributed by atoms with E-state index in [4.69, 9.17) is 9.37 Å². The summed E-state index contributed by atoms with van der Waals surface area (Å²) in [5, 5.41) is 20.9. The molecule has 2 aromatic rings. The van der Waals surface area contributed by atoms with Crippen LogP contribution in [0.5, 0.6) is 0 Å². The minimum atomic E-state index is -0.901. The van der Waals surface area contributed by atoms with Crippen molar-refractivity contribution >= 4 is 34.3 Å². The van der Waals surface area contributed by atoms with E-state index in [0.717, 1.165) is 42.8 Å². The smallest absolute Gasteiger partial charge is 0.307 e. The van der Waals surface area contributed by atoms with E-state index in [2.05, 4.69) is 20.5 Å². The summed E-state index contributed by atoms with van der Waals surface area (Å²) >= 11 is 0. The van der Waals surface area contributed by atoms with Gasteiger partial charge in [-0.1, -0.05) is 11.1 Å². The summed E-state index contributed by atoms with van der Waals surface area (Å²) < 4.78 is 10.4. The number of benzene rings is 1. The van der Waals surface area contributed by atoms with Gasteiger partial charge in [0.1, 0.15) is 0 Å². The Morgan fingerprint density at radius 3 is 2.42 bits per heavy atom. The number of amides is 1. The number of aromatic nitrogens is 2. The van der Waals surface area contributed by atoms with E-state index in [1.165, 1.54) is 0 Å². The predicted molar refractivity (Wildman–Crippen MR) is 113 cm³/mol. The zero-order valence-corrected chi connectivity index (χ0v) is 17.6. The summed E-state index contributed by atoms with van der Waals surface area (Å²) in [7, 11) is 0.